The third kappa shape index (κ3) is 3.59. The van der Waals surface area contributed by atoms with Crippen LogP contribution >= 0.6 is 11.3 Å². The van der Waals surface area contributed by atoms with E-state index in [1.807, 2.05) is 36.7 Å². The minimum Gasteiger partial charge on any atom is -0.383 e. The third-order valence-corrected chi connectivity index (χ3v) is 5.37. The number of aromatic nitrogens is 2. The van der Waals surface area contributed by atoms with Crippen LogP contribution in [0.25, 0.3) is 0 Å². The van der Waals surface area contributed by atoms with Gasteiger partial charge in [-0.3, -0.25) is 9.59 Å². The van der Waals surface area contributed by atoms with E-state index >= 15 is 0 Å². The molecule has 2 amide bonds. The number of carbonyl (C=O) groups is 2. The molecule has 0 saturated carbocycles. The van der Waals surface area contributed by atoms with Gasteiger partial charge in [0.05, 0.1) is 23.4 Å². The van der Waals surface area contributed by atoms with Crippen molar-refractivity contribution in [3.05, 3.63) is 39.6 Å². The lowest BCUT2D eigenvalue weighted by Gasteiger charge is -2.36. The second-order valence-corrected chi connectivity index (χ2v) is 7.25. The summed E-state index contributed by atoms with van der Waals surface area (Å²) in [7, 11) is 1.61. The molecule has 3 heterocycles. The van der Waals surface area contributed by atoms with Crippen LogP contribution in [0.1, 0.15) is 30.9 Å². The highest BCUT2D eigenvalue weighted by atomic mass is 32.1. The molecule has 1 aliphatic heterocycles. The Balaban J connectivity index is 1.72. The van der Waals surface area contributed by atoms with Gasteiger partial charge in [-0.1, -0.05) is 0 Å². The summed E-state index contributed by atoms with van der Waals surface area (Å²) >= 11 is 1.39. The highest BCUT2D eigenvalue weighted by Gasteiger charge is 2.32. The van der Waals surface area contributed by atoms with Crippen LogP contribution in [0, 0.1) is 13.8 Å². The van der Waals surface area contributed by atoms with Crippen LogP contribution in [0.15, 0.2) is 18.3 Å². The summed E-state index contributed by atoms with van der Waals surface area (Å²) in [5.41, 5.74) is 1.41. The summed E-state index contributed by atoms with van der Waals surface area (Å²) in [4.78, 5) is 31.8. The molecule has 0 aliphatic carbocycles. The number of nitrogens with one attached hydrogen (secondary N) is 1. The zero-order valence-electron chi connectivity index (χ0n) is 14.6. The molecule has 0 bridgehead atoms. The zero-order chi connectivity index (χ0) is 18.0. The van der Waals surface area contributed by atoms with Gasteiger partial charge in [0.25, 0.3) is 11.8 Å². The Bertz CT molecular complexity index is 783. The van der Waals surface area contributed by atoms with Crippen LogP contribution in [0.5, 0.6) is 0 Å². The second kappa shape index (κ2) is 7.37. The number of amides is 2. The quantitative estimate of drug-likeness (QED) is 0.844. The Labute approximate surface area is 150 Å². The normalized spacial score (nSPS) is 16.8. The maximum atomic E-state index is 12.7. The fraction of sp³-hybridized carbons (Fsp3) is 0.471. The number of aryl methyl sites for hydroxylation is 2. The highest BCUT2D eigenvalue weighted by molar-refractivity contribution is 7.13. The van der Waals surface area contributed by atoms with Gasteiger partial charge in [-0.2, -0.15) is 0 Å². The number of methoxy groups -OCH3 is 1. The highest BCUT2D eigenvalue weighted by Crippen LogP contribution is 2.19. The number of hydrogen-bond donors (Lipinski definition) is 1. The molecule has 1 aliphatic rings. The summed E-state index contributed by atoms with van der Waals surface area (Å²) < 4.78 is 7.06. The second-order valence-electron chi connectivity index (χ2n) is 6.05. The number of ether oxygens (including phenoxy) is 1. The van der Waals surface area contributed by atoms with Gasteiger partial charge in [0, 0.05) is 32.9 Å². The first kappa shape index (κ1) is 17.6. The first-order chi connectivity index (χ1) is 12.0. The first-order valence-corrected chi connectivity index (χ1v) is 9.00. The largest absolute Gasteiger partial charge is 0.383 e. The average Bonchev–Trinajstić information content (AvgIpc) is 3.18. The maximum Gasteiger partial charge on any atom is 0.270 e. The molecule has 1 atom stereocenters. The molecule has 3 rings (SSSR count). The van der Waals surface area contributed by atoms with E-state index in [0.717, 1.165) is 10.7 Å². The number of rotatable bonds is 6. The van der Waals surface area contributed by atoms with Crippen LogP contribution < -0.4 is 5.32 Å². The van der Waals surface area contributed by atoms with Gasteiger partial charge < -0.3 is 19.5 Å². The number of fused-ring (bicyclic) bond motifs is 1. The SMILES string of the molecule is COCCN1C(=O)c2cccn2CC1CNC(=O)c1sc(C)nc1C. The molecule has 0 radical (unpaired) electrons. The molecule has 25 heavy (non-hydrogen) atoms. The molecule has 1 N–H and O–H groups in total. The minimum absolute atomic E-state index is 0.0302. The van der Waals surface area contributed by atoms with E-state index in [1.165, 1.54) is 11.3 Å². The smallest absolute Gasteiger partial charge is 0.270 e. The van der Waals surface area contributed by atoms with Crippen molar-refractivity contribution in [3.8, 4) is 0 Å². The first-order valence-electron chi connectivity index (χ1n) is 8.18. The van der Waals surface area contributed by atoms with Gasteiger partial charge in [0.15, 0.2) is 0 Å². The Kier molecular flexibility index (Phi) is 5.19. The molecular weight excluding hydrogens is 340 g/mol. The van der Waals surface area contributed by atoms with E-state index in [9.17, 15) is 9.59 Å². The summed E-state index contributed by atoms with van der Waals surface area (Å²) in [6, 6.07) is 3.58. The Hall–Kier alpha value is -2.19. The van der Waals surface area contributed by atoms with Gasteiger partial charge in [0.1, 0.15) is 10.6 Å². The van der Waals surface area contributed by atoms with Crippen molar-refractivity contribution in [2.45, 2.75) is 26.4 Å². The van der Waals surface area contributed by atoms with E-state index in [-0.39, 0.29) is 17.9 Å². The number of thiazole rings is 1. The monoisotopic (exact) mass is 362 g/mol. The van der Waals surface area contributed by atoms with E-state index in [2.05, 4.69) is 10.3 Å². The minimum atomic E-state index is -0.138. The van der Waals surface area contributed by atoms with E-state index in [0.29, 0.717) is 36.8 Å². The molecule has 7 nitrogen and oxygen atoms in total. The van der Waals surface area contributed by atoms with Crippen LogP contribution in [0.3, 0.4) is 0 Å². The Morgan fingerprint density at radius 2 is 2.28 bits per heavy atom. The summed E-state index contributed by atoms with van der Waals surface area (Å²) in [6.45, 7) is 5.72. The van der Waals surface area contributed by atoms with Crippen molar-refractivity contribution < 1.29 is 14.3 Å². The Morgan fingerprint density at radius 1 is 1.48 bits per heavy atom. The lowest BCUT2D eigenvalue weighted by Crippen LogP contribution is -2.53. The number of hydrogen-bond acceptors (Lipinski definition) is 5. The predicted molar refractivity (Wildman–Crippen MR) is 95.1 cm³/mol. The van der Waals surface area contributed by atoms with Gasteiger partial charge in [0.2, 0.25) is 0 Å². The predicted octanol–water partition coefficient (Wildman–Crippen LogP) is 1.46. The van der Waals surface area contributed by atoms with Crippen LogP contribution in [-0.2, 0) is 11.3 Å². The molecule has 0 aromatic carbocycles. The van der Waals surface area contributed by atoms with Crippen molar-refractivity contribution >= 4 is 23.2 Å². The lowest BCUT2D eigenvalue weighted by molar-refractivity contribution is 0.0504. The van der Waals surface area contributed by atoms with Crippen molar-refractivity contribution in [2.24, 2.45) is 0 Å². The fourth-order valence-corrected chi connectivity index (χ4v) is 3.92. The van der Waals surface area contributed by atoms with E-state index in [1.54, 1.807) is 12.0 Å². The van der Waals surface area contributed by atoms with E-state index in [4.69, 9.17) is 4.74 Å². The van der Waals surface area contributed by atoms with Crippen LogP contribution in [0.4, 0.5) is 0 Å². The number of carbonyl (C=O) groups excluding carboxylic acids is 2. The maximum absolute atomic E-state index is 12.7. The van der Waals surface area contributed by atoms with Gasteiger partial charge in [-0.15, -0.1) is 11.3 Å². The van der Waals surface area contributed by atoms with Crippen molar-refractivity contribution in [1.82, 2.24) is 19.8 Å². The van der Waals surface area contributed by atoms with Gasteiger partial charge >= 0.3 is 0 Å². The topological polar surface area (TPSA) is 76.5 Å². The van der Waals surface area contributed by atoms with Crippen molar-refractivity contribution in [3.63, 3.8) is 0 Å². The van der Waals surface area contributed by atoms with E-state index < -0.39 is 0 Å². The summed E-state index contributed by atoms with van der Waals surface area (Å²) in [6.07, 6.45) is 1.90. The average molecular weight is 362 g/mol. The standard InChI is InChI=1S/C17H22N4O3S/c1-11-15(25-12(2)19-11)16(22)18-9-13-10-20-6-4-5-14(20)17(23)21(13)7-8-24-3/h4-6,13H,7-10H2,1-3H3,(H,18,22). The molecule has 2 aromatic rings. The van der Waals surface area contributed by atoms with Gasteiger partial charge in [-0.25, -0.2) is 4.98 Å². The molecule has 0 fully saturated rings. The van der Waals surface area contributed by atoms with Gasteiger partial charge in [-0.05, 0) is 26.0 Å². The third-order valence-electron chi connectivity index (χ3n) is 4.30. The molecule has 0 spiro atoms. The molecule has 134 valence electrons. The summed E-state index contributed by atoms with van der Waals surface area (Å²) in [5.74, 6) is -0.169. The molecule has 2 aromatic heterocycles. The fourth-order valence-electron chi connectivity index (χ4n) is 3.09. The zero-order valence-corrected chi connectivity index (χ0v) is 15.4. The lowest BCUT2D eigenvalue weighted by atomic mass is 10.1. The molecule has 8 heteroatoms. The van der Waals surface area contributed by atoms with Crippen LogP contribution in [0.2, 0.25) is 0 Å². The molecule has 1 unspecified atom stereocenters. The summed E-state index contributed by atoms with van der Waals surface area (Å²) in [5, 5.41) is 3.83. The van der Waals surface area contributed by atoms with Crippen molar-refractivity contribution in [2.75, 3.05) is 26.8 Å². The Morgan fingerprint density at radius 3 is 2.96 bits per heavy atom. The van der Waals surface area contributed by atoms with Crippen LogP contribution in [-0.4, -0.2) is 59.1 Å². The number of nitrogens with zero attached hydrogens (tertiary/aromatic N) is 3. The molecular formula is C17H22N4O3S. The molecule has 0 saturated heterocycles. The van der Waals surface area contributed by atoms with Crippen molar-refractivity contribution in [1.29, 1.82) is 0 Å².